The maximum Gasteiger partial charge on any atom is 0.171 e. The molecule has 3 aromatic carbocycles. The molecule has 4 aromatic rings. The van der Waals surface area contributed by atoms with Gasteiger partial charge in [-0.3, -0.25) is 0 Å². The van der Waals surface area contributed by atoms with Crippen molar-refractivity contribution >= 4 is 33.6 Å². The quantitative estimate of drug-likeness (QED) is 0.275. The van der Waals surface area contributed by atoms with Crippen LogP contribution in [0.5, 0.6) is 5.75 Å². The average Bonchev–Trinajstić information content (AvgIpc) is 3.23. The summed E-state index contributed by atoms with van der Waals surface area (Å²) < 4.78 is 13.8. The molecule has 8 nitrogen and oxygen atoms in total. The zero-order valence-electron chi connectivity index (χ0n) is 19.0. The van der Waals surface area contributed by atoms with Gasteiger partial charge in [0.25, 0.3) is 0 Å². The minimum atomic E-state index is -1.43. The summed E-state index contributed by atoms with van der Waals surface area (Å²) in [6, 6.07) is 21.8. The number of aliphatic hydroxyl groups excluding tert-OH is 4. The Labute approximate surface area is 206 Å². The molecule has 0 amide bonds. The molecule has 35 heavy (non-hydrogen) atoms. The minimum Gasteiger partial charge on any atom is -0.493 e. The van der Waals surface area contributed by atoms with Gasteiger partial charge in [0.1, 0.15) is 35.6 Å². The predicted octanol–water partition coefficient (Wildman–Crippen LogP) is 2.55. The lowest BCUT2D eigenvalue weighted by molar-refractivity contribution is -0.205. The molecule has 0 spiro atoms. The Morgan fingerprint density at radius 3 is 2.54 bits per heavy atom. The van der Waals surface area contributed by atoms with Crippen LogP contribution < -0.4 is 4.74 Å². The van der Waals surface area contributed by atoms with Crippen molar-refractivity contribution in [3.8, 4) is 5.75 Å². The molecule has 2 heterocycles. The molecule has 5 rings (SSSR count). The van der Waals surface area contributed by atoms with Gasteiger partial charge >= 0.3 is 0 Å². The van der Waals surface area contributed by atoms with Gasteiger partial charge in [0.2, 0.25) is 0 Å². The number of aryl methyl sites for hydroxylation is 1. The van der Waals surface area contributed by atoms with E-state index in [-0.39, 0.29) is 0 Å². The van der Waals surface area contributed by atoms with E-state index in [1.54, 1.807) is 0 Å². The molecule has 0 saturated carbocycles. The third-order valence-electron chi connectivity index (χ3n) is 6.22. The highest BCUT2D eigenvalue weighted by atomic mass is 32.2. The molecule has 0 bridgehead atoms. The van der Waals surface area contributed by atoms with Crippen LogP contribution in [0.2, 0.25) is 0 Å². The van der Waals surface area contributed by atoms with Crippen LogP contribution in [0, 0.1) is 0 Å². The second-order valence-electron chi connectivity index (χ2n) is 8.53. The summed E-state index contributed by atoms with van der Waals surface area (Å²) in [4.78, 5) is 4.70. The number of fused-ring (bicyclic) bond motifs is 2. The lowest BCUT2D eigenvalue weighted by Crippen LogP contribution is -2.57. The molecule has 0 radical (unpaired) electrons. The van der Waals surface area contributed by atoms with Crippen LogP contribution in [0.15, 0.2) is 71.9 Å². The van der Waals surface area contributed by atoms with Gasteiger partial charge in [-0.1, -0.05) is 60.3 Å². The Hall–Kier alpha value is -2.66. The summed E-state index contributed by atoms with van der Waals surface area (Å²) in [5, 5.41) is 43.0. The van der Waals surface area contributed by atoms with E-state index < -0.39 is 36.5 Å². The van der Waals surface area contributed by atoms with Gasteiger partial charge in [-0.25, -0.2) is 4.98 Å². The van der Waals surface area contributed by atoms with Crippen molar-refractivity contribution in [3.63, 3.8) is 0 Å². The molecule has 4 N–H and O–H groups in total. The SMILES string of the molecule is OCC1OC(Sc2nc3ccccc3n2CCCOc2cccc3ccccc23)C(O)C(O)C1O. The molecule has 1 saturated heterocycles. The van der Waals surface area contributed by atoms with Crippen LogP contribution in [-0.2, 0) is 11.3 Å². The largest absolute Gasteiger partial charge is 0.493 e. The fourth-order valence-corrected chi connectivity index (χ4v) is 5.53. The Bertz CT molecular complexity index is 1290. The molecule has 1 fully saturated rings. The molecule has 184 valence electrons. The Kier molecular flexibility index (Phi) is 7.24. The van der Waals surface area contributed by atoms with Crippen molar-refractivity contribution in [2.45, 2.75) is 48.0 Å². The number of ether oxygens (including phenoxy) is 2. The number of hydrogen-bond donors (Lipinski definition) is 4. The van der Waals surface area contributed by atoms with Crippen molar-refractivity contribution in [1.82, 2.24) is 9.55 Å². The van der Waals surface area contributed by atoms with Crippen molar-refractivity contribution < 1.29 is 29.9 Å². The van der Waals surface area contributed by atoms with Crippen molar-refractivity contribution in [2.75, 3.05) is 13.2 Å². The number of benzene rings is 3. The number of nitrogens with zero attached hydrogens (tertiary/aromatic N) is 2. The number of para-hydroxylation sites is 2. The van der Waals surface area contributed by atoms with Crippen molar-refractivity contribution in [1.29, 1.82) is 0 Å². The summed E-state index contributed by atoms with van der Waals surface area (Å²) in [6.07, 6.45) is -4.40. The van der Waals surface area contributed by atoms with Crippen LogP contribution in [0.1, 0.15) is 6.42 Å². The average molecular weight is 497 g/mol. The molecule has 9 heteroatoms. The molecule has 0 aliphatic carbocycles. The smallest absolute Gasteiger partial charge is 0.171 e. The standard InChI is InChI=1S/C26H28N2O6S/c29-15-21-22(30)23(31)24(32)25(34-21)35-26-27-18-10-3-4-11-19(18)28(26)13-6-14-33-20-12-5-8-16-7-1-2-9-17(16)20/h1-5,7-12,21-25,29-32H,6,13-15H2. The summed E-state index contributed by atoms with van der Waals surface area (Å²) in [6.45, 7) is 0.652. The number of hydrogen-bond acceptors (Lipinski definition) is 8. The van der Waals surface area contributed by atoms with Gasteiger partial charge in [0.15, 0.2) is 5.16 Å². The molecule has 5 atom stereocenters. The fraction of sp³-hybridized carbons (Fsp3) is 0.346. The van der Waals surface area contributed by atoms with E-state index in [0.29, 0.717) is 24.7 Å². The van der Waals surface area contributed by atoms with Crippen LogP contribution in [0.25, 0.3) is 21.8 Å². The fourth-order valence-electron chi connectivity index (χ4n) is 4.35. The van der Waals surface area contributed by atoms with E-state index in [1.165, 1.54) is 0 Å². The molecule has 1 aliphatic rings. The molecular weight excluding hydrogens is 468 g/mol. The minimum absolute atomic E-state index is 0.468. The van der Waals surface area contributed by atoms with Gasteiger partial charge in [-0.2, -0.15) is 0 Å². The van der Waals surface area contributed by atoms with E-state index in [2.05, 4.69) is 12.1 Å². The van der Waals surface area contributed by atoms with Crippen LogP contribution in [-0.4, -0.2) is 73.0 Å². The van der Waals surface area contributed by atoms with Crippen molar-refractivity contribution in [3.05, 3.63) is 66.7 Å². The lowest BCUT2D eigenvalue weighted by Gasteiger charge is -2.39. The monoisotopic (exact) mass is 496 g/mol. The summed E-state index contributed by atoms with van der Waals surface area (Å²) in [5.74, 6) is 0.842. The first kappa shape index (κ1) is 24.1. The number of imidazole rings is 1. The normalized spacial score (nSPS) is 24.7. The second kappa shape index (κ2) is 10.5. The number of rotatable bonds is 8. The van der Waals surface area contributed by atoms with Gasteiger partial charge in [0.05, 0.1) is 24.2 Å². The maximum absolute atomic E-state index is 10.5. The van der Waals surface area contributed by atoms with E-state index in [4.69, 9.17) is 14.5 Å². The predicted molar refractivity (Wildman–Crippen MR) is 133 cm³/mol. The van der Waals surface area contributed by atoms with Gasteiger partial charge < -0.3 is 34.5 Å². The van der Waals surface area contributed by atoms with Gasteiger partial charge in [0, 0.05) is 11.9 Å². The van der Waals surface area contributed by atoms with E-state index in [1.807, 2.05) is 59.2 Å². The second-order valence-corrected chi connectivity index (χ2v) is 9.59. The first-order chi connectivity index (χ1) is 17.1. The highest BCUT2D eigenvalue weighted by molar-refractivity contribution is 7.99. The molecular formula is C26H28N2O6S. The first-order valence-corrected chi connectivity index (χ1v) is 12.5. The number of thioether (sulfide) groups is 1. The molecule has 1 aromatic heterocycles. The van der Waals surface area contributed by atoms with Crippen LogP contribution in [0.4, 0.5) is 0 Å². The van der Waals surface area contributed by atoms with Gasteiger partial charge in [-0.15, -0.1) is 0 Å². The van der Waals surface area contributed by atoms with Gasteiger partial charge in [-0.05, 0) is 30.0 Å². The summed E-state index contributed by atoms with van der Waals surface area (Å²) in [5.41, 5.74) is 0.840. The number of aromatic nitrogens is 2. The Morgan fingerprint density at radius 1 is 0.914 bits per heavy atom. The third kappa shape index (κ3) is 4.88. The number of aliphatic hydroxyl groups is 4. The Balaban J connectivity index is 1.32. The van der Waals surface area contributed by atoms with E-state index >= 15 is 0 Å². The zero-order valence-corrected chi connectivity index (χ0v) is 19.8. The summed E-state index contributed by atoms with van der Waals surface area (Å²) >= 11 is 1.16. The lowest BCUT2D eigenvalue weighted by atomic mass is 10.0. The van der Waals surface area contributed by atoms with E-state index in [0.717, 1.165) is 39.3 Å². The van der Waals surface area contributed by atoms with E-state index in [9.17, 15) is 20.4 Å². The maximum atomic E-state index is 10.5. The highest BCUT2D eigenvalue weighted by Crippen LogP contribution is 2.35. The highest BCUT2D eigenvalue weighted by Gasteiger charge is 2.44. The Morgan fingerprint density at radius 2 is 1.69 bits per heavy atom. The molecule has 1 aliphatic heterocycles. The first-order valence-electron chi connectivity index (χ1n) is 11.6. The summed E-state index contributed by atoms with van der Waals surface area (Å²) in [7, 11) is 0. The van der Waals surface area contributed by atoms with Crippen LogP contribution >= 0.6 is 11.8 Å². The van der Waals surface area contributed by atoms with Crippen molar-refractivity contribution in [2.24, 2.45) is 0 Å². The third-order valence-corrected chi connectivity index (χ3v) is 7.37. The zero-order chi connectivity index (χ0) is 24.4. The molecule has 5 unspecified atom stereocenters. The van der Waals surface area contributed by atoms with Crippen LogP contribution in [0.3, 0.4) is 0 Å². The topological polar surface area (TPSA) is 117 Å².